The molecule has 0 saturated heterocycles. The van der Waals surface area contributed by atoms with Gasteiger partial charge in [0, 0.05) is 5.41 Å². The first-order chi connectivity index (χ1) is 14.7. The lowest BCUT2D eigenvalue weighted by Crippen LogP contribution is -2.29. The normalized spacial score (nSPS) is 12.7. The van der Waals surface area contributed by atoms with Gasteiger partial charge in [0.2, 0.25) is 0 Å². The molecule has 3 rings (SSSR count). The predicted octanol–water partition coefficient (Wildman–Crippen LogP) is 7.01. The number of phenols is 3. The van der Waals surface area contributed by atoms with Gasteiger partial charge in [-0.3, -0.25) is 0 Å². The third-order valence-electron chi connectivity index (χ3n) is 6.59. The summed E-state index contributed by atoms with van der Waals surface area (Å²) in [6.45, 7) is 10.6. The molecule has 0 bridgehead atoms. The van der Waals surface area contributed by atoms with Crippen LogP contribution in [0.1, 0.15) is 72.4 Å². The molecule has 0 amide bonds. The summed E-state index contributed by atoms with van der Waals surface area (Å²) in [7, 11) is 0. The largest absolute Gasteiger partial charge is 0.508 e. The van der Waals surface area contributed by atoms with Crippen molar-refractivity contribution in [3.05, 3.63) is 88.0 Å². The molecule has 3 aromatic carbocycles. The van der Waals surface area contributed by atoms with Gasteiger partial charge in [-0.2, -0.15) is 0 Å². The Labute approximate surface area is 186 Å². The fourth-order valence-electron chi connectivity index (χ4n) is 5.23. The molecular weight excluding hydrogens is 384 g/mol. The Kier molecular flexibility index (Phi) is 6.64. The molecule has 1 atom stereocenters. The highest BCUT2D eigenvalue weighted by atomic mass is 16.3. The Balaban J connectivity index is 2.19. The van der Waals surface area contributed by atoms with Gasteiger partial charge in [-0.1, -0.05) is 38.5 Å². The van der Waals surface area contributed by atoms with Gasteiger partial charge < -0.3 is 15.3 Å². The molecule has 1 unspecified atom stereocenters. The molecule has 3 N–H and O–H groups in total. The number of aromatic hydroxyl groups is 3. The molecule has 3 heteroatoms. The lowest BCUT2D eigenvalue weighted by atomic mass is 9.66. The Morgan fingerprint density at radius 2 is 1.16 bits per heavy atom. The molecule has 0 aliphatic rings. The number of rotatable bonds is 7. The highest BCUT2D eigenvalue weighted by molar-refractivity contribution is 5.50. The highest BCUT2D eigenvalue weighted by Crippen LogP contribution is 2.46. The van der Waals surface area contributed by atoms with Crippen LogP contribution in [0.25, 0.3) is 0 Å². The molecule has 164 valence electrons. The van der Waals surface area contributed by atoms with Crippen LogP contribution in [-0.2, 0) is 5.41 Å². The molecule has 0 aliphatic heterocycles. The summed E-state index contributed by atoms with van der Waals surface area (Å²) in [5.74, 6) is 1.14. The lowest BCUT2D eigenvalue weighted by molar-refractivity contribution is 0.426. The second-order valence-corrected chi connectivity index (χ2v) is 9.06. The van der Waals surface area contributed by atoms with E-state index >= 15 is 0 Å². The van der Waals surface area contributed by atoms with E-state index in [1.807, 2.05) is 44.2 Å². The van der Waals surface area contributed by atoms with Gasteiger partial charge in [0.15, 0.2) is 0 Å². The first-order valence-corrected chi connectivity index (χ1v) is 11.1. The minimum atomic E-state index is -0.320. The highest BCUT2D eigenvalue weighted by Gasteiger charge is 2.35. The van der Waals surface area contributed by atoms with Crippen molar-refractivity contribution in [1.82, 2.24) is 0 Å². The molecule has 3 nitrogen and oxygen atoms in total. The van der Waals surface area contributed by atoms with Crippen molar-refractivity contribution >= 4 is 0 Å². The number of phenolic OH excluding ortho intramolecular Hbond substituents is 3. The Hall–Kier alpha value is -2.94. The quantitative estimate of drug-likeness (QED) is 0.387. The monoisotopic (exact) mass is 418 g/mol. The van der Waals surface area contributed by atoms with Gasteiger partial charge in [0.25, 0.3) is 0 Å². The number of aryl methyl sites for hydroxylation is 3. The van der Waals surface area contributed by atoms with Crippen LogP contribution in [0.2, 0.25) is 0 Å². The van der Waals surface area contributed by atoms with E-state index < -0.39 is 0 Å². The molecule has 0 aliphatic carbocycles. The standard InChI is InChI=1S/C28H34O3/c1-6-7-21(25-11-8-22(29)14-18(25)2)17-28(5,26-12-9-23(30)15-19(26)3)27-13-10-24(31)16-20(27)4/h8-16,21,29-31H,6-7,17H2,1-5H3. The van der Waals surface area contributed by atoms with E-state index in [4.69, 9.17) is 0 Å². The zero-order valence-corrected chi connectivity index (χ0v) is 19.2. The van der Waals surface area contributed by atoms with Gasteiger partial charge in [-0.05, 0) is 109 Å². The van der Waals surface area contributed by atoms with Crippen molar-refractivity contribution in [2.75, 3.05) is 0 Å². The van der Waals surface area contributed by atoms with Crippen molar-refractivity contribution < 1.29 is 15.3 Å². The summed E-state index contributed by atoms with van der Waals surface area (Å²) in [6, 6.07) is 16.9. The van der Waals surface area contributed by atoms with Gasteiger partial charge in [-0.15, -0.1) is 0 Å². The van der Waals surface area contributed by atoms with E-state index in [-0.39, 0.29) is 16.9 Å². The zero-order chi connectivity index (χ0) is 22.8. The van der Waals surface area contributed by atoms with E-state index in [1.165, 1.54) is 16.7 Å². The van der Waals surface area contributed by atoms with Gasteiger partial charge in [-0.25, -0.2) is 0 Å². The van der Waals surface area contributed by atoms with Crippen LogP contribution < -0.4 is 0 Å². The minimum absolute atomic E-state index is 0.269. The van der Waals surface area contributed by atoms with Crippen molar-refractivity contribution in [2.24, 2.45) is 0 Å². The predicted molar refractivity (Wildman–Crippen MR) is 127 cm³/mol. The van der Waals surface area contributed by atoms with Gasteiger partial charge in [0.05, 0.1) is 0 Å². The van der Waals surface area contributed by atoms with E-state index in [0.29, 0.717) is 11.7 Å². The Bertz CT molecular complexity index is 1020. The minimum Gasteiger partial charge on any atom is -0.508 e. The maximum atomic E-state index is 10.0. The van der Waals surface area contributed by atoms with E-state index in [1.54, 1.807) is 18.2 Å². The first-order valence-electron chi connectivity index (χ1n) is 11.1. The van der Waals surface area contributed by atoms with Crippen molar-refractivity contribution in [3.8, 4) is 17.2 Å². The van der Waals surface area contributed by atoms with E-state index in [9.17, 15) is 15.3 Å². The van der Waals surface area contributed by atoms with Crippen LogP contribution in [0.4, 0.5) is 0 Å². The molecule has 0 heterocycles. The summed E-state index contributed by atoms with van der Waals surface area (Å²) in [5, 5.41) is 29.9. The molecule has 31 heavy (non-hydrogen) atoms. The Morgan fingerprint density at radius 1 is 0.710 bits per heavy atom. The third kappa shape index (κ3) is 4.71. The van der Waals surface area contributed by atoms with Crippen molar-refractivity contribution in [2.45, 2.75) is 65.2 Å². The molecule has 0 saturated carbocycles. The van der Waals surface area contributed by atoms with Crippen molar-refractivity contribution in [1.29, 1.82) is 0 Å². The summed E-state index contributed by atoms with van der Waals surface area (Å²) in [5.41, 5.74) is 6.50. The fourth-order valence-corrected chi connectivity index (χ4v) is 5.23. The van der Waals surface area contributed by atoms with Crippen molar-refractivity contribution in [3.63, 3.8) is 0 Å². The average Bonchev–Trinajstić information content (AvgIpc) is 2.67. The lowest BCUT2D eigenvalue weighted by Gasteiger charge is -2.37. The van der Waals surface area contributed by atoms with Crippen LogP contribution in [0.15, 0.2) is 54.6 Å². The first kappa shape index (κ1) is 22.7. The van der Waals surface area contributed by atoms with Crippen LogP contribution in [0.5, 0.6) is 17.2 Å². The Morgan fingerprint density at radius 3 is 1.58 bits per heavy atom. The number of hydrogen-bond donors (Lipinski definition) is 3. The third-order valence-corrected chi connectivity index (χ3v) is 6.59. The van der Waals surface area contributed by atoms with Gasteiger partial charge >= 0.3 is 0 Å². The SMILES string of the molecule is CCCC(CC(C)(c1ccc(O)cc1C)c1ccc(O)cc1C)c1ccc(O)cc1C. The summed E-state index contributed by atoms with van der Waals surface area (Å²) in [6.07, 6.45) is 2.98. The summed E-state index contributed by atoms with van der Waals surface area (Å²) in [4.78, 5) is 0. The summed E-state index contributed by atoms with van der Waals surface area (Å²) < 4.78 is 0. The summed E-state index contributed by atoms with van der Waals surface area (Å²) >= 11 is 0. The molecular formula is C28H34O3. The topological polar surface area (TPSA) is 60.7 Å². The maximum absolute atomic E-state index is 10.0. The van der Waals surface area contributed by atoms with Crippen LogP contribution in [0, 0.1) is 20.8 Å². The second-order valence-electron chi connectivity index (χ2n) is 9.06. The van der Waals surface area contributed by atoms with Crippen LogP contribution >= 0.6 is 0 Å². The average molecular weight is 419 g/mol. The zero-order valence-electron chi connectivity index (χ0n) is 19.2. The molecule has 0 fully saturated rings. The van der Waals surface area contributed by atoms with Crippen LogP contribution in [-0.4, -0.2) is 15.3 Å². The molecule has 0 aromatic heterocycles. The van der Waals surface area contributed by atoms with Crippen LogP contribution in [0.3, 0.4) is 0 Å². The molecule has 3 aromatic rings. The number of benzene rings is 3. The molecule has 0 spiro atoms. The molecule has 0 radical (unpaired) electrons. The van der Waals surface area contributed by atoms with Gasteiger partial charge in [0.1, 0.15) is 17.2 Å². The smallest absolute Gasteiger partial charge is 0.115 e. The second kappa shape index (κ2) is 9.05. The number of hydrogen-bond acceptors (Lipinski definition) is 3. The van der Waals surface area contributed by atoms with E-state index in [0.717, 1.165) is 36.0 Å². The maximum Gasteiger partial charge on any atom is 0.115 e. The van der Waals surface area contributed by atoms with E-state index in [2.05, 4.69) is 26.8 Å². The fraction of sp³-hybridized carbons (Fsp3) is 0.357.